The third-order valence-electron chi connectivity index (χ3n) is 3.55. The smallest absolute Gasteiger partial charge is 0.0701 e. The van der Waals surface area contributed by atoms with Crippen LogP contribution in [0.2, 0.25) is 0 Å². The fraction of sp³-hybridized carbons (Fsp3) is 0.0500. The molecule has 0 saturated carbocycles. The Balaban J connectivity index is 0.000000133. The minimum absolute atomic E-state index is 0.935. The minimum atomic E-state index is 0.935. The molecule has 0 bridgehead atoms. The first-order valence-corrected chi connectivity index (χ1v) is 7.34. The summed E-state index contributed by atoms with van der Waals surface area (Å²) in [5, 5.41) is 2.50. The standard InChI is InChI=1S/C11H11N.C9H7N/c1-2-5-9-8-12-11-7-4-3-6-10(9)11;1-2-6-9-8(4-1)5-3-7-10-9/h2-4,6-8,12H,1,5H2;1-7H. The Bertz CT molecular complexity index is 825. The summed E-state index contributed by atoms with van der Waals surface area (Å²) in [5.41, 5.74) is 3.58. The van der Waals surface area contributed by atoms with E-state index >= 15 is 0 Å². The van der Waals surface area contributed by atoms with Gasteiger partial charge >= 0.3 is 0 Å². The van der Waals surface area contributed by atoms with Gasteiger partial charge in [0.1, 0.15) is 0 Å². The number of aromatic nitrogens is 2. The number of benzene rings is 2. The maximum atomic E-state index is 4.18. The molecule has 2 nitrogen and oxygen atoms in total. The van der Waals surface area contributed by atoms with E-state index in [-0.39, 0.29) is 0 Å². The van der Waals surface area contributed by atoms with Gasteiger partial charge in [0.15, 0.2) is 0 Å². The number of nitrogens with zero attached hydrogens (tertiary/aromatic N) is 1. The lowest BCUT2D eigenvalue weighted by atomic mass is 10.1. The number of hydrogen-bond donors (Lipinski definition) is 1. The van der Waals surface area contributed by atoms with Gasteiger partial charge in [-0.2, -0.15) is 0 Å². The second-order valence-corrected chi connectivity index (χ2v) is 5.05. The van der Waals surface area contributed by atoms with Crippen LogP contribution < -0.4 is 0 Å². The van der Waals surface area contributed by atoms with Gasteiger partial charge in [0.25, 0.3) is 0 Å². The second kappa shape index (κ2) is 6.72. The molecule has 4 rings (SSSR count). The SMILES string of the molecule is C=CCc1c[nH]c2ccccc12.c1ccc2ncccc2c1. The van der Waals surface area contributed by atoms with E-state index in [1.54, 1.807) is 0 Å². The quantitative estimate of drug-likeness (QED) is 0.508. The van der Waals surface area contributed by atoms with E-state index in [0.29, 0.717) is 0 Å². The van der Waals surface area contributed by atoms with Crippen LogP contribution in [0.15, 0.2) is 85.7 Å². The van der Waals surface area contributed by atoms with Gasteiger partial charge in [0.05, 0.1) is 5.52 Å². The number of aromatic amines is 1. The fourth-order valence-electron chi connectivity index (χ4n) is 2.47. The third kappa shape index (κ3) is 3.07. The van der Waals surface area contributed by atoms with Gasteiger partial charge in [-0.05, 0) is 30.2 Å². The molecule has 22 heavy (non-hydrogen) atoms. The van der Waals surface area contributed by atoms with Crippen molar-refractivity contribution >= 4 is 21.8 Å². The molecule has 0 aliphatic heterocycles. The Morgan fingerprint density at radius 3 is 2.59 bits per heavy atom. The van der Waals surface area contributed by atoms with E-state index in [2.05, 4.69) is 46.9 Å². The average molecular weight is 286 g/mol. The molecule has 2 aromatic carbocycles. The lowest BCUT2D eigenvalue weighted by molar-refractivity contribution is 1.29. The van der Waals surface area contributed by atoms with Crippen molar-refractivity contribution in [3.05, 3.63) is 91.3 Å². The molecule has 1 N–H and O–H groups in total. The molecule has 108 valence electrons. The molecule has 0 fully saturated rings. The van der Waals surface area contributed by atoms with Gasteiger partial charge in [0, 0.05) is 28.7 Å². The van der Waals surface area contributed by atoms with Gasteiger partial charge in [-0.25, -0.2) is 0 Å². The maximum Gasteiger partial charge on any atom is 0.0701 e. The highest BCUT2D eigenvalue weighted by molar-refractivity contribution is 5.83. The maximum absolute atomic E-state index is 4.18. The molecule has 0 radical (unpaired) electrons. The number of para-hydroxylation sites is 2. The van der Waals surface area contributed by atoms with Gasteiger partial charge in [-0.1, -0.05) is 48.5 Å². The van der Waals surface area contributed by atoms with Gasteiger partial charge in [-0.15, -0.1) is 6.58 Å². The predicted octanol–water partition coefficient (Wildman–Crippen LogP) is 5.13. The van der Waals surface area contributed by atoms with E-state index in [9.17, 15) is 0 Å². The first kappa shape index (κ1) is 14.1. The summed E-state index contributed by atoms with van der Waals surface area (Å²) >= 11 is 0. The first-order chi connectivity index (χ1) is 10.9. The van der Waals surface area contributed by atoms with Crippen molar-refractivity contribution in [3.8, 4) is 0 Å². The summed E-state index contributed by atoms with van der Waals surface area (Å²) in [7, 11) is 0. The number of fused-ring (bicyclic) bond motifs is 2. The van der Waals surface area contributed by atoms with E-state index in [4.69, 9.17) is 0 Å². The monoisotopic (exact) mass is 286 g/mol. The normalized spacial score (nSPS) is 10.2. The van der Waals surface area contributed by atoms with Crippen LogP contribution in [0.4, 0.5) is 0 Å². The van der Waals surface area contributed by atoms with Crippen molar-refractivity contribution in [3.63, 3.8) is 0 Å². The van der Waals surface area contributed by atoms with Crippen molar-refractivity contribution < 1.29 is 0 Å². The van der Waals surface area contributed by atoms with Crippen molar-refractivity contribution in [2.45, 2.75) is 6.42 Å². The molecular formula is C20H18N2. The molecule has 2 aromatic heterocycles. The van der Waals surface area contributed by atoms with Crippen molar-refractivity contribution in [1.29, 1.82) is 0 Å². The summed E-state index contributed by atoms with van der Waals surface area (Å²) in [4.78, 5) is 7.41. The van der Waals surface area contributed by atoms with Crippen molar-refractivity contribution in [2.24, 2.45) is 0 Å². The van der Waals surface area contributed by atoms with E-state index < -0.39 is 0 Å². The zero-order valence-corrected chi connectivity index (χ0v) is 12.4. The minimum Gasteiger partial charge on any atom is -0.361 e. The molecular weight excluding hydrogens is 268 g/mol. The predicted molar refractivity (Wildman–Crippen MR) is 93.9 cm³/mol. The molecule has 0 atom stereocenters. The van der Waals surface area contributed by atoms with Gasteiger partial charge in [0.2, 0.25) is 0 Å². The van der Waals surface area contributed by atoms with E-state index in [0.717, 1.165) is 11.9 Å². The largest absolute Gasteiger partial charge is 0.361 e. The Morgan fingerprint density at radius 2 is 1.73 bits per heavy atom. The van der Waals surface area contributed by atoms with E-state index in [1.165, 1.54) is 21.9 Å². The first-order valence-electron chi connectivity index (χ1n) is 7.34. The molecule has 0 amide bonds. The zero-order valence-electron chi connectivity index (χ0n) is 12.4. The lowest BCUT2D eigenvalue weighted by Gasteiger charge is -1.91. The number of hydrogen-bond acceptors (Lipinski definition) is 1. The van der Waals surface area contributed by atoms with E-state index in [1.807, 2.05) is 48.8 Å². The Hall–Kier alpha value is -2.87. The van der Waals surface area contributed by atoms with Crippen molar-refractivity contribution in [1.82, 2.24) is 9.97 Å². The van der Waals surface area contributed by atoms with Crippen LogP contribution in [0.5, 0.6) is 0 Å². The molecule has 0 saturated heterocycles. The number of H-pyrrole nitrogens is 1. The van der Waals surface area contributed by atoms with Crippen LogP contribution in [0.25, 0.3) is 21.8 Å². The second-order valence-electron chi connectivity index (χ2n) is 5.05. The number of nitrogens with one attached hydrogen (secondary N) is 1. The van der Waals surface area contributed by atoms with Crippen LogP contribution in [0, 0.1) is 0 Å². The van der Waals surface area contributed by atoms with Crippen LogP contribution in [-0.4, -0.2) is 9.97 Å². The van der Waals surface area contributed by atoms with Crippen LogP contribution in [-0.2, 0) is 6.42 Å². The molecule has 0 aliphatic carbocycles. The number of rotatable bonds is 2. The Labute approximate surface area is 130 Å². The molecule has 0 aliphatic rings. The molecule has 2 heteroatoms. The highest BCUT2D eigenvalue weighted by atomic mass is 14.7. The summed E-state index contributed by atoms with van der Waals surface area (Å²) in [5.74, 6) is 0. The van der Waals surface area contributed by atoms with Crippen LogP contribution >= 0.6 is 0 Å². The van der Waals surface area contributed by atoms with Gasteiger partial charge in [-0.3, -0.25) is 4.98 Å². The number of allylic oxidation sites excluding steroid dienone is 1. The highest BCUT2D eigenvalue weighted by Gasteiger charge is 1.98. The van der Waals surface area contributed by atoms with Crippen LogP contribution in [0.1, 0.15) is 5.56 Å². The third-order valence-corrected chi connectivity index (χ3v) is 3.55. The van der Waals surface area contributed by atoms with Gasteiger partial charge < -0.3 is 4.98 Å². The summed E-state index contributed by atoms with van der Waals surface area (Å²) < 4.78 is 0. The topological polar surface area (TPSA) is 28.7 Å². The molecule has 2 heterocycles. The number of pyridine rings is 1. The Morgan fingerprint density at radius 1 is 0.955 bits per heavy atom. The van der Waals surface area contributed by atoms with Crippen LogP contribution in [0.3, 0.4) is 0 Å². The molecule has 0 spiro atoms. The lowest BCUT2D eigenvalue weighted by Crippen LogP contribution is -1.74. The zero-order chi connectivity index (χ0) is 15.2. The van der Waals surface area contributed by atoms with Crippen molar-refractivity contribution in [2.75, 3.05) is 0 Å². The molecule has 4 aromatic rings. The average Bonchev–Trinajstić information content (AvgIpc) is 2.99. The summed E-state index contributed by atoms with van der Waals surface area (Å²) in [6, 6.07) is 20.4. The summed E-state index contributed by atoms with van der Waals surface area (Å²) in [6.07, 6.45) is 6.72. The fourth-order valence-corrected chi connectivity index (χ4v) is 2.47. The highest BCUT2D eigenvalue weighted by Crippen LogP contribution is 2.17. The summed E-state index contributed by atoms with van der Waals surface area (Å²) in [6.45, 7) is 3.73. The Kier molecular flexibility index (Phi) is 4.30. The molecule has 0 unspecified atom stereocenters.